The summed E-state index contributed by atoms with van der Waals surface area (Å²) in [5.41, 5.74) is 1.36. The Balaban J connectivity index is 1.74. The van der Waals surface area contributed by atoms with Gasteiger partial charge in [-0.1, -0.05) is 26.0 Å². The molecule has 8 heteroatoms. The summed E-state index contributed by atoms with van der Waals surface area (Å²) in [5.74, 6) is 0.566. The van der Waals surface area contributed by atoms with Crippen molar-refractivity contribution in [2.75, 3.05) is 40.0 Å². The molecule has 2 aromatic rings. The third-order valence-electron chi connectivity index (χ3n) is 6.20. The number of hydrogen-bond donors (Lipinski definition) is 1. The van der Waals surface area contributed by atoms with Gasteiger partial charge in [-0.3, -0.25) is 4.79 Å². The molecule has 1 heterocycles. The first-order chi connectivity index (χ1) is 15.4. The Kier molecular flexibility index (Phi) is 7.92. The van der Waals surface area contributed by atoms with Crippen molar-refractivity contribution in [2.45, 2.75) is 37.0 Å². The molecule has 0 atom stereocenters. The minimum absolute atomic E-state index is 0.192. The van der Waals surface area contributed by atoms with Gasteiger partial charge in [0.1, 0.15) is 5.75 Å². The summed E-state index contributed by atoms with van der Waals surface area (Å²) in [6, 6.07) is 14.1. The third kappa shape index (κ3) is 5.14. The molecule has 3 rings (SSSR count). The van der Waals surface area contributed by atoms with Crippen LogP contribution in [0.5, 0.6) is 5.75 Å². The summed E-state index contributed by atoms with van der Waals surface area (Å²) < 4.78 is 37.5. The van der Waals surface area contributed by atoms with Crippen molar-refractivity contribution < 1.29 is 22.7 Å². The van der Waals surface area contributed by atoms with E-state index in [-0.39, 0.29) is 16.2 Å². The van der Waals surface area contributed by atoms with Crippen LogP contribution in [0.4, 0.5) is 0 Å². The van der Waals surface area contributed by atoms with Crippen LogP contribution in [0.25, 0.3) is 0 Å². The molecule has 1 amide bonds. The van der Waals surface area contributed by atoms with Gasteiger partial charge in [0.05, 0.1) is 12.0 Å². The molecule has 7 nitrogen and oxygen atoms in total. The van der Waals surface area contributed by atoms with Crippen LogP contribution in [0.2, 0.25) is 0 Å². The van der Waals surface area contributed by atoms with E-state index in [4.69, 9.17) is 9.47 Å². The Bertz CT molecular complexity index is 994. The van der Waals surface area contributed by atoms with Crippen LogP contribution < -0.4 is 10.1 Å². The molecule has 1 aliphatic heterocycles. The van der Waals surface area contributed by atoms with Crippen LogP contribution in [0.3, 0.4) is 0 Å². The standard InChI is InChI=1S/C24H32N2O5S/c1-4-26(5-2)32(28,29)22-12-6-19(7-13-22)23(27)25-18-24(14-16-31-17-15-24)20-8-10-21(30-3)11-9-20/h6-13H,4-5,14-18H2,1-3H3,(H,25,27). The molecule has 0 aromatic heterocycles. The SMILES string of the molecule is CCN(CC)S(=O)(=O)c1ccc(C(=O)NCC2(c3ccc(OC)cc3)CCOCC2)cc1. The molecule has 174 valence electrons. The smallest absolute Gasteiger partial charge is 0.251 e. The van der Waals surface area contributed by atoms with Crippen LogP contribution in [0, 0.1) is 0 Å². The number of amides is 1. The maximum absolute atomic E-state index is 12.8. The topological polar surface area (TPSA) is 84.9 Å². The first-order valence-corrected chi connectivity index (χ1v) is 12.4. The molecule has 0 saturated carbocycles. The van der Waals surface area contributed by atoms with Gasteiger partial charge in [0.2, 0.25) is 10.0 Å². The molecule has 0 radical (unpaired) electrons. The fraction of sp³-hybridized carbons (Fsp3) is 0.458. The second kappa shape index (κ2) is 10.5. The third-order valence-corrected chi connectivity index (χ3v) is 8.26. The van der Waals surface area contributed by atoms with E-state index >= 15 is 0 Å². The highest BCUT2D eigenvalue weighted by molar-refractivity contribution is 7.89. The Hall–Kier alpha value is -2.42. The zero-order valence-electron chi connectivity index (χ0n) is 19.0. The van der Waals surface area contributed by atoms with Gasteiger partial charge in [-0.15, -0.1) is 0 Å². The Labute approximate surface area is 190 Å². The average molecular weight is 461 g/mol. The molecule has 32 heavy (non-hydrogen) atoms. The van der Waals surface area contributed by atoms with E-state index in [1.54, 1.807) is 33.1 Å². The summed E-state index contributed by atoms with van der Waals surface area (Å²) >= 11 is 0. The predicted octanol–water partition coefficient (Wildman–Crippen LogP) is 3.20. The lowest BCUT2D eigenvalue weighted by atomic mass is 9.74. The summed E-state index contributed by atoms with van der Waals surface area (Å²) in [7, 11) is -1.91. The number of benzene rings is 2. The summed E-state index contributed by atoms with van der Waals surface area (Å²) in [5, 5.41) is 3.05. The van der Waals surface area contributed by atoms with Crippen molar-refractivity contribution >= 4 is 15.9 Å². The van der Waals surface area contributed by atoms with Gasteiger partial charge in [0.25, 0.3) is 5.91 Å². The summed E-state index contributed by atoms with van der Waals surface area (Å²) in [6.45, 7) is 6.16. The van der Waals surface area contributed by atoms with Gasteiger partial charge in [0.15, 0.2) is 0 Å². The van der Waals surface area contributed by atoms with Crippen LogP contribution in [-0.4, -0.2) is 58.6 Å². The van der Waals surface area contributed by atoms with E-state index in [0.29, 0.717) is 38.4 Å². The molecule has 0 aliphatic carbocycles. The van der Waals surface area contributed by atoms with Gasteiger partial charge < -0.3 is 14.8 Å². The van der Waals surface area contributed by atoms with Gasteiger partial charge >= 0.3 is 0 Å². The van der Waals surface area contributed by atoms with Crippen molar-refractivity contribution in [3.63, 3.8) is 0 Å². The average Bonchev–Trinajstić information content (AvgIpc) is 2.84. The van der Waals surface area contributed by atoms with Gasteiger partial charge in [0, 0.05) is 43.8 Å². The van der Waals surface area contributed by atoms with E-state index in [9.17, 15) is 13.2 Å². The molecule has 1 aliphatic rings. The Morgan fingerprint density at radius 2 is 1.62 bits per heavy atom. The molecule has 2 aromatic carbocycles. The Morgan fingerprint density at radius 1 is 1.03 bits per heavy atom. The van der Waals surface area contributed by atoms with E-state index in [2.05, 4.69) is 5.32 Å². The second-order valence-electron chi connectivity index (χ2n) is 7.92. The van der Waals surface area contributed by atoms with Gasteiger partial charge in [-0.25, -0.2) is 8.42 Å². The second-order valence-corrected chi connectivity index (χ2v) is 9.86. The first-order valence-electron chi connectivity index (χ1n) is 11.0. The van der Waals surface area contributed by atoms with E-state index in [1.165, 1.54) is 16.4 Å². The minimum Gasteiger partial charge on any atom is -0.497 e. The number of carbonyl (C=O) groups excluding carboxylic acids is 1. The number of nitrogens with one attached hydrogen (secondary N) is 1. The minimum atomic E-state index is -3.55. The molecule has 1 fully saturated rings. The number of hydrogen-bond acceptors (Lipinski definition) is 5. The van der Waals surface area contributed by atoms with Gasteiger partial charge in [-0.2, -0.15) is 4.31 Å². The lowest BCUT2D eigenvalue weighted by Crippen LogP contribution is -2.44. The zero-order valence-corrected chi connectivity index (χ0v) is 19.8. The number of methoxy groups -OCH3 is 1. The fourth-order valence-electron chi connectivity index (χ4n) is 4.12. The maximum Gasteiger partial charge on any atom is 0.251 e. The predicted molar refractivity (Wildman–Crippen MR) is 124 cm³/mol. The largest absolute Gasteiger partial charge is 0.497 e. The van der Waals surface area contributed by atoms with Crippen molar-refractivity contribution in [1.29, 1.82) is 0 Å². The van der Waals surface area contributed by atoms with Gasteiger partial charge in [-0.05, 0) is 54.8 Å². The van der Waals surface area contributed by atoms with Crippen LogP contribution >= 0.6 is 0 Å². The fourth-order valence-corrected chi connectivity index (χ4v) is 5.57. The number of nitrogens with zero attached hydrogens (tertiary/aromatic N) is 1. The molecule has 0 unspecified atom stereocenters. The molecule has 0 bridgehead atoms. The number of rotatable bonds is 9. The van der Waals surface area contributed by atoms with Crippen LogP contribution in [0.1, 0.15) is 42.6 Å². The molecular weight excluding hydrogens is 428 g/mol. The Morgan fingerprint density at radius 3 is 2.16 bits per heavy atom. The summed E-state index contributed by atoms with van der Waals surface area (Å²) in [4.78, 5) is 13.0. The number of carbonyl (C=O) groups is 1. The van der Waals surface area contributed by atoms with Crippen LogP contribution in [0.15, 0.2) is 53.4 Å². The van der Waals surface area contributed by atoms with Crippen molar-refractivity contribution in [3.8, 4) is 5.75 Å². The molecular formula is C24H32N2O5S. The lowest BCUT2D eigenvalue weighted by molar-refractivity contribution is 0.0487. The van der Waals surface area contributed by atoms with E-state index < -0.39 is 10.0 Å². The zero-order chi connectivity index (χ0) is 23.2. The summed E-state index contributed by atoms with van der Waals surface area (Å²) in [6.07, 6.45) is 1.61. The number of ether oxygens (including phenoxy) is 2. The van der Waals surface area contributed by atoms with E-state index in [1.807, 2.05) is 24.3 Å². The van der Waals surface area contributed by atoms with Crippen molar-refractivity contribution in [2.24, 2.45) is 0 Å². The highest BCUT2D eigenvalue weighted by atomic mass is 32.2. The number of sulfonamides is 1. The van der Waals surface area contributed by atoms with Crippen molar-refractivity contribution in [3.05, 3.63) is 59.7 Å². The van der Waals surface area contributed by atoms with E-state index in [0.717, 1.165) is 24.2 Å². The van der Waals surface area contributed by atoms with Crippen LogP contribution in [-0.2, 0) is 20.2 Å². The monoisotopic (exact) mass is 460 g/mol. The first kappa shape index (κ1) is 24.2. The molecule has 0 spiro atoms. The molecule has 1 saturated heterocycles. The highest BCUT2D eigenvalue weighted by Gasteiger charge is 2.35. The maximum atomic E-state index is 12.8. The van der Waals surface area contributed by atoms with Crippen molar-refractivity contribution in [1.82, 2.24) is 9.62 Å². The highest BCUT2D eigenvalue weighted by Crippen LogP contribution is 2.35. The lowest BCUT2D eigenvalue weighted by Gasteiger charge is -2.38. The normalized spacial score (nSPS) is 16.0. The molecule has 1 N–H and O–H groups in total. The quantitative estimate of drug-likeness (QED) is 0.621.